The van der Waals surface area contributed by atoms with Gasteiger partial charge in [0.2, 0.25) is 0 Å². The fourth-order valence-corrected chi connectivity index (χ4v) is 3.58. The van der Waals surface area contributed by atoms with Crippen LogP contribution in [0, 0.1) is 5.41 Å². The van der Waals surface area contributed by atoms with Crippen LogP contribution in [0.5, 0.6) is 0 Å². The normalized spacial score (nSPS) is 17.5. The van der Waals surface area contributed by atoms with Gasteiger partial charge in [-0.1, -0.05) is 13.8 Å². The quantitative estimate of drug-likeness (QED) is 0.585. The molecule has 0 radical (unpaired) electrons. The summed E-state index contributed by atoms with van der Waals surface area (Å²) in [5.74, 6) is 0. The molecule has 0 aromatic rings. The van der Waals surface area contributed by atoms with Gasteiger partial charge >= 0.3 is 0 Å². The lowest BCUT2D eigenvalue weighted by Gasteiger charge is -2.37. The highest BCUT2D eigenvalue weighted by Crippen LogP contribution is 2.35. The molecular weight excluding hydrogens is 220 g/mol. The van der Waals surface area contributed by atoms with E-state index >= 15 is 0 Å². The molecule has 6 heteroatoms. The molecule has 2 atom stereocenters. The third-order valence-electron chi connectivity index (χ3n) is 3.09. The van der Waals surface area contributed by atoms with Crippen molar-refractivity contribution in [2.45, 2.75) is 45.0 Å². The van der Waals surface area contributed by atoms with Gasteiger partial charge < -0.3 is 10.2 Å². The van der Waals surface area contributed by atoms with Crippen LogP contribution in [-0.2, 0) is 10.1 Å². The van der Waals surface area contributed by atoms with Gasteiger partial charge in [0.05, 0.1) is 12.7 Å². The van der Waals surface area contributed by atoms with Crippen molar-refractivity contribution in [3.05, 3.63) is 0 Å². The first-order valence-corrected chi connectivity index (χ1v) is 6.50. The van der Waals surface area contributed by atoms with Crippen LogP contribution in [0.2, 0.25) is 0 Å². The summed E-state index contributed by atoms with van der Waals surface area (Å²) in [4.78, 5) is 0. The molecule has 92 valence electrons. The zero-order chi connectivity index (χ0) is 12.3. The van der Waals surface area contributed by atoms with Gasteiger partial charge in [-0.15, -0.1) is 0 Å². The minimum absolute atomic E-state index is 0.370. The molecule has 0 aromatic heterocycles. The van der Waals surface area contributed by atoms with Gasteiger partial charge in [-0.3, -0.25) is 4.55 Å². The summed E-state index contributed by atoms with van der Waals surface area (Å²) in [6.07, 6.45) is -0.475. The highest BCUT2D eigenvalue weighted by Gasteiger charge is 2.45. The molecule has 0 aliphatic heterocycles. The number of hydrogen-bond donors (Lipinski definition) is 3. The van der Waals surface area contributed by atoms with E-state index in [4.69, 9.17) is 4.55 Å². The van der Waals surface area contributed by atoms with Crippen LogP contribution < -0.4 is 0 Å². The van der Waals surface area contributed by atoms with E-state index in [-0.39, 0.29) is 6.61 Å². The molecule has 15 heavy (non-hydrogen) atoms. The Bertz CT molecular complexity index is 271. The summed E-state index contributed by atoms with van der Waals surface area (Å²) in [5, 5.41) is 17.4. The Morgan fingerprint density at radius 3 is 1.73 bits per heavy atom. The first-order chi connectivity index (χ1) is 6.75. The molecule has 3 N–H and O–H groups in total. The van der Waals surface area contributed by atoms with Crippen LogP contribution in [-0.4, -0.2) is 41.1 Å². The maximum atomic E-state index is 11.2. The van der Waals surface area contributed by atoms with E-state index in [0.717, 1.165) is 0 Å². The van der Waals surface area contributed by atoms with Gasteiger partial charge in [-0.25, -0.2) is 0 Å². The number of aliphatic hydroxyl groups excluding tert-OH is 2. The zero-order valence-electron chi connectivity index (χ0n) is 9.34. The molecule has 0 saturated carbocycles. The number of aliphatic hydroxyl groups is 2. The summed E-state index contributed by atoms with van der Waals surface area (Å²) in [6.45, 7) is 4.37. The fraction of sp³-hybridized carbons (Fsp3) is 1.00. The molecule has 0 aromatic carbocycles. The lowest BCUT2D eigenvalue weighted by atomic mass is 9.78. The average molecular weight is 240 g/mol. The summed E-state index contributed by atoms with van der Waals surface area (Å²) < 4.78 is 31.4. The first-order valence-electron chi connectivity index (χ1n) is 5.00. The summed E-state index contributed by atoms with van der Waals surface area (Å²) in [6, 6.07) is 0. The molecule has 0 aliphatic rings. The van der Waals surface area contributed by atoms with E-state index in [1.165, 1.54) is 6.92 Å². The molecule has 0 bridgehead atoms. The average Bonchev–Trinajstić information content (AvgIpc) is 2.11. The van der Waals surface area contributed by atoms with E-state index in [9.17, 15) is 18.6 Å². The molecule has 0 aliphatic carbocycles. The Hall–Kier alpha value is -0.170. The molecule has 0 fully saturated rings. The Morgan fingerprint density at radius 1 is 1.27 bits per heavy atom. The largest absolute Gasteiger partial charge is 0.396 e. The van der Waals surface area contributed by atoms with Crippen molar-refractivity contribution < 1.29 is 23.2 Å². The molecule has 2 unspecified atom stereocenters. The highest BCUT2D eigenvalue weighted by atomic mass is 32.2. The second-order valence-electron chi connectivity index (χ2n) is 3.90. The van der Waals surface area contributed by atoms with Gasteiger partial charge in [0.25, 0.3) is 10.1 Å². The Kier molecular flexibility index (Phi) is 5.19. The topological polar surface area (TPSA) is 94.8 Å². The van der Waals surface area contributed by atoms with E-state index in [2.05, 4.69) is 0 Å². The predicted molar refractivity (Wildman–Crippen MR) is 57.1 cm³/mol. The van der Waals surface area contributed by atoms with Crippen molar-refractivity contribution in [2.24, 2.45) is 5.41 Å². The highest BCUT2D eigenvalue weighted by molar-refractivity contribution is 7.86. The molecule has 0 saturated heterocycles. The van der Waals surface area contributed by atoms with Gasteiger partial charge in [-0.05, 0) is 19.8 Å². The molecule has 0 heterocycles. The van der Waals surface area contributed by atoms with Gasteiger partial charge in [0.1, 0.15) is 5.25 Å². The number of rotatable bonds is 6. The maximum Gasteiger partial charge on any atom is 0.270 e. The Balaban J connectivity index is 5.40. The van der Waals surface area contributed by atoms with E-state index < -0.39 is 26.9 Å². The Labute approximate surface area is 90.9 Å². The monoisotopic (exact) mass is 240 g/mol. The number of hydrogen-bond acceptors (Lipinski definition) is 4. The van der Waals surface area contributed by atoms with Crippen LogP contribution >= 0.6 is 0 Å². The van der Waals surface area contributed by atoms with E-state index in [1.807, 2.05) is 0 Å². The van der Waals surface area contributed by atoms with Crippen molar-refractivity contribution in [3.63, 3.8) is 0 Å². The third-order valence-corrected chi connectivity index (χ3v) is 4.62. The lowest BCUT2D eigenvalue weighted by Crippen LogP contribution is -2.49. The minimum Gasteiger partial charge on any atom is -0.396 e. The fourth-order valence-electron chi connectivity index (χ4n) is 2.04. The van der Waals surface area contributed by atoms with Gasteiger partial charge in [-0.2, -0.15) is 8.42 Å². The van der Waals surface area contributed by atoms with Crippen molar-refractivity contribution in [3.8, 4) is 0 Å². The smallest absolute Gasteiger partial charge is 0.270 e. The van der Waals surface area contributed by atoms with E-state index in [0.29, 0.717) is 12.8 Å². The molecular formula is C9H20O5S. The summed E-state index contributed by atoms with van der Waals surface area (Å²) in [7, 11) is -4.37. The molecule has 0 amide bonds. The molecule has 0 rings (SSSR count). The second kappa shape index (κ2) is 5.25. The lowest BCUT2D eigenvalue weighted by molar-refractivity contribution is 0.0521. The minimum atomic E-state index is -4.37. The molecule has 0 spiro atoms. The van der Waals surface area contributed by atoms with Crippen LogP contribution in [0.3, 0.4) is 0 Å². The van der Waals surface area contributed by atoms with E-state index in [1.54, 1.807) is 13.8 Å². The third kappa shape index (κ3) is 3.14. The summed E-state index contributed by atoms with van der Waals surface area (Å²) in [5.41, 5.74) is -0.984. The van der Waals surface area contributed by atoms with Crippen molar-refractivity contribution in [1.82, 2.24) is 0 Å². The predicted octanol–water partition coefficient (Wildman–Crippen LogP) is 0.422. The van der Waals surface area contributed by atoms with Crippen LogP contribution in [0.4, 0.5) is 0 Å². The van der Waals surface area contributed by atoms with Crippen molar-refractivity contribution in [2.75, 3.05) is 6.61 Å². The zero-order valence-corrected chi connectivity index (χ0v) is 10.2. The first kappa shape index (κ1) is 14.8. The van der Waals surface area contributed by atoms with Gasteiger partial charge in [0, 0.05) is 5.41 Å². The van der Waals surface area contributed by atoms with Crippen LogP contribution in [0.15, 0.2) is 0 Å². The van der Waals surface area contributed by atoms with Crippen LogP contribution in [0.1, 0.15) is 33.6 Å². The van der Waals surface area contributed by atoms with Gasteiger partial charge in [0.15, 0.2) is 0 Å². The SMILES string of the molecule is CCC(CC)(CO)C(C(C)O)S(=O)(=O)O. The summed E-state index contributed by atoms with van der Waals surface area (Å²) >= 11 is 0. The molecule has 5 nitrogen and oxygen atoms in total. The second-order valence-corrected chi connectivity index (χ2v) is 5.44. The van der Waals surface area contributed by atoms with Crippen molar-refractivity contribution >= 4 is 10.1 Å². The maximum absolute atomic E-state index is 11.2. The van der Waals surface area contributed by atoms with Crippen molar-refractivity contribution in [1.29, 1.82) is 0 Å². The standard InChI is InChI=1S/C9H20O5S/c1-4-9(5-2,6-10)8(7(3)11)15(12,13)14/h7-8,10-11H,4-6H2,1-3H3,(H,12,13,14). The van der Waals surface area contributed by atoms with Crippen LogP contribution in [0.25, 0.3) is 0 Å². The Morgan fingerprint density at radius 2 is 1.67 bits per heavy atom.